The van der Waals surface area contributed by atoms with Gasteiger partial charge in [0, 0.05) is 24.8 Å². The molecule has 0 atom stereocenters. The van der Waals surface area contributed by atoms with Gasteiger partial charge in [0.05, 0.1) is 24.7 Å². The monoisotopic (exact) mass is 406 g/mol. The van der Waals surface area contributed by atoms with Crippen molar-refractivity contribution in [1.29, 1.82) is 0 Å². The number of carbonyl (C=O) groups excluding carboxylic acids is 1. The van der Waals surface area contributed by atoms with Crippen molar-refractivity contribution in [3.63, 3.8) is 0 Å². The molecule has 2 N–H and O–H groups in total. The first kappa shape index (κ1) is 20.0. The van der Waals surface area contributed by atoms with Crippen LogP contribution in [0.15, 0.2) is 41.3 Å². The van der Waals surface area contributed by atoms with Crippen molar-refractivity contribution < 1.29 is 27.8 Å². The third-order valence-electron chi connectivity index (χ3n) is 4.56. The molecule has 0 radical (unpaired) electrons. The second-order valence-electron chi connectivity index (χ2n) is 6.31. The Kier molecular flexibility index (Phi) is 5.76. The molecule has 1 aliphatic heterocycles. The van der Waals surface area contributed by atoms with Crippen molar-refractivity contribution in [2.75, 3.05) is 32.6 Å². The molecule has 2 aromatic rings. The third-order valence-corrected chi connectivity index (χ3v) is 6.45. The highest BCUT2D eigenvalue weighted by molar-refractivity contribution is 7.89. The van der Waals surface area contributed by atoms with Gasteiger partial charge in [-0.1, -0.05) is 0 Å². The Bertz CT molecular complexity index is 984. The molecule has 28 heavy (non-hydrogen) atoms. The lowest BCUT2D eigenvalue weighted by atomic mass is 10.2. The molecule has 1 saturated heterocycles. The minimum Gasteiger partial charge on any atom is -0.507 e. The first-order valence-electron chi connectivity index (χ1n) is 8.73. The van der Waals surface area contributed by atoms with Crippen molar-refractivity contribution in [2.24, 2.45) is 0 Å². The molecule has 8 nitrogen and oxygen atoms in total. The minimum atomic E-state index is -3.70. The van der Waals surface area contributed by atoms with E-state index in [1.165, 1.54) is 36.7 Å². The summed E-state index contributed by atoms with van der Waals surface area (Å²) in [7, 11) is -0.724. The number of phenolic OH excluding ortho intramolecular Hbond substituents is 1. The molecule has 150 valence electrons. The van der Waals surface area contributed by atoms with Gasteiger partial charge in [0.15, 0.2) is 11.5 Å². The van der Waals surface area contributed by atoms with Crippen LogP contribution < -0.4 is 14.8 Å². The molecule has 0 saturated carbocycles. The maximum atomic E-state index is 12.7. The number of carbonyl (C=O) groups is 1. The van der Waals surface area contributed by atoms with Crippen LogP contribution in [0, 0.1) is 0 Å². The molecule has 0 aliphatic carbocycles. The van der Waals surface area contributed by atoms with Gasteiger partial charge in [-0.25, -0.2) is 8.42 Å². The van der Waals surface area contributed by atoms with Crippen LogP contribution in [0.1, 0.15) is 23.2 Å². The van der Waals surface area contributed by atoms with Crippen LogP contribution >= 0.6 is 0 Å². The van der Waals surface area contributed by atoms with E-state index in [1.54, 1.807) is 18.2 Å². The largest absolute Gasteiger partial charge is 0.507 e. The number of aromatic hydroxyl groups is 1. The van der Waals surface area contributed by atoms with Crippen molar-refractivity contribution >= 4 is 21.6 Å². The molecule has 1 fully saturated rings. The summed E-state index contributed by atoms with van der Waals surface area (Å²) in [6, 6.07) is 8.52. The zero-order valence-corrected chi connectivity index (χ0v) is 16.5. The minimum absolute atomic E-state index is 0.0235. The summed E-state index contributed by atoms with van der Waals surface area (Å²) in [5.41, 5.74) is 0.282. The molecule has 0 spiro atoms. The molecule has 0 bridgehead atoms. The average Bonchev–Trinajstić information content (AvgIpc) is 3.23. The van der Waals surface area contributed by atoms with Crippen LogP contribution in [0.25, 0.3) is 0 Å². The molecule has 1 aliphatic rings. The second kappa shape index (κ2) is 8.07. The van der Waals surface area contributed by atoms with Gasteiger partial charge in [-0.05, 0) is 43.2 Å². The fourth-order valence-corrected chi connectivity index (χ4v) is 4.59. The lowest BCUT2D eigenvalue weighted by Gasteiger charge is -2.16. The van der Waals surface area contributed by atoms with Crippen LogP contribution in [0.2, 0.25) is 0 Å². The first-order chi connectivity index (χ1) is 13.4. The van der Waals surface area contributed by atoms with Crippen molar-refractivity contribution in [2.45, 2.75) is 17.7 Å². The van der Waals surface area contributed by atoms with Crippen molar-refractivity contribution in [3.05, 3.63) is 42.0 Å². The van der Waals surface area contributed by atoms with Gasteiger partial charge in [0.1, 0.15) is 5.75 Å². The quantitative estimate of drug-likeness (QED) is 0.763. The highest BCUT2D eigenvalue weighted by Crippen LogP contribution is 2.31. The zero-order valence-electron chi connectivity index (χ0n) is 15.6. The molecular formula is C19H22N2O6S. The number of benzene rings is 2. The Balaban J connectivity index is 1.88. The van der Waals surface area contributed by atoms with E-state index in [2.05, 4.69) is 5.32 Å². The van der Waals surface area contributed by atoms with Gasteiger partial charge in [-0.2, -0.15) is 4.31 Å². The average molecular weight is 406 g/mol. The number of nitrogens with one attached hydrogen (secondary N) is 1. The standard InChI is InChI=1S/C19H22N2O6S/c1-26-17-8-5-13(11-18(17)27-2)20-19(23)15-12-14(6-7-16(15)22)28(24,25)21-9-3-4-10-21/h5-8,11-12,22H,3-4,9-10H2,1-2H3,(H,20,23). The van der Waals surface area contributed by atoms with E-state index in [4.69, 9.17) is 9.47 Å². The van der Waals surface area contributed by atoms with E-state index >= 15 is 0 Å². The Hall–Kier alpha value is -2.78. The highest BCUT2D eigenvalue weighted by atomic mass is 32.2. The summed E-state index contributed by atoms with van der Waals surface area (Å²) in [5, 5.41) is 12.7. The SMILES string of the molecule is COc1ccc(NC(=O)c2cc(S(=O)(=O)N3CCCC3)ccc2O)cc1OC. The van der Waals surface area contributed by atoms with E-state index < -0.39 is 15.9 Å². The van der Waals surface area contributed by atoms with E-state index in [9.17, 15) is 18.3 Å². The van der Waals surface area contributed by atoms with Gasteiger partial charge in [0.25, 0.3) is 5.91 Å². The number of phenols is 1. The predicted molar refractivity (Wildman–Crippen MR) is 104 cm³/mol. The highest BCUT2D eigenvalue weighted by Gasteiger charge is 2.28. The van der Waals surface area contributed by atoms with Gasteiger partial charge in [-0.3, -0.25) is 4.79 Å². The van der Waals surface area contributed by atoms with Gasteiger partial charge >= 0.3 is 0 Å². The Morgan fingerprint density at radius 2 is 1.71 bits per heavy atom. The summed E-state index contributed by atoms with van der Waals surface area (Å²) in [6.07, 6.45) is 1.62. The molecule has 1 heterocycles. The first-order valence-corrected chi connectivity index (χ1v) is 10.2. The number of anilines is 1. The lowest BCUT2D eigenvalue weighted by Crippen LogP contribution is -2.28. The number of nitrogens with zero attached hydrogens (tertiary/aromatic N) is 1. The third kappa shape index (κ3) is 3.90. The molecule has 0 unspecified atom stereocenters. The molecular weight excluding hydrogens is 384 g/mol. The molecule has 2 aromatic carbocycles. The van der Waals surface area contributed by atoms with Crippen LogP contribution in [0.4, 0.5) is 5.69 Å². The summed E-state index contributed by atoms with van der Waals surface area (Å²) in [5.74, 6) is -0.0153. The van der Waals surface area contributed by atoms with Crippen LogP contribution in [-0.4, -0.2) is 51.0 Å². The molecule has 9 heteroatoms. The van der Waals surface area contributed by atoms with Gasteiger partial charge in [0.2, 0.25) is 10.0 Å². The smallest absolute Gasteiger partial charge is 0.259 e. The fourth-order valence-electron chi connectivity index (χ4n) is 3.05. The molecule has 0 aromatic heterocycles. The van der Waals surface area contributed by atoms with Crippen LogP contribution in [-0.2, 0) is 10.0 Å². The number of ether oxygens (including phenoxy) is 2. The van der Waals surface area contributed by atoms with Crippen molar-refractivity contribution in [3.8, 4) is 17.2 Å². The number of hydrogen-bond donors (Lipinski definition) is 2. The Labute approximate surface area is 163 Å². The topological polar surface area (TPSA) is 105 Å². The number of methoxy groups -OCH3 is 2. The van der Waals surface area contributed by atoms with E-state index in [0.717, 1.165) is 12.8 Å². The summed E-state index contributed by atoms with van der Waals surface area (Å²) >= 11 is 0. The second-order valence-corrected chi connectivity index (χ2v) is 8.25. The number of rotatable bonds is 6. The number of amides is 1. The molecule has 3 rings (SSSR count). The summed E-state index contributed by atoms with van der Waals surface area (Å²) < 4.78 is 37.2. The molecule has 1 amide bonds. The predicted octanol–water partition coefficient (Wildman–Crippen LogP) is 2.45. The number of hydrogen-bond acceptors (Lipinski definition) is 6. The fraction of sp³-hybridized carbons (Fsp3) is 0.316. The Morgan fingerprint density at radius 1 is 1.04 bits per heavy atom. The van der Waals surface area contributed by atoms with Crippen LogP contribution in [0.3, 0.4) is 0 Å². The summed E-state index contributed by atoms with van der Waals surface area (Å²) in [4.78, 5) is 12.6. The van der Waals surface area contributed by atoms with E-state index in [-0.39, 0.29) is 16.2 Å². The number of sulfonamides is 1. The van der Waals surface area contributed by atoms with E-state index in [1.807, 2.05) is 0 Å². The summed E-state index contributed by atoms with van der Waals surface area (Å²) in [6.45, 7) is 0.909. The lowest BCUT2D eigenvalue weighted by molar-refractivity contribution is 0.102. The normalized spacial score (nSPS) is 14.6. The van der Waals surface area contributed by atoms with E-state index in [0.29, 0.717) is 30.3 Å². The maximum absolute atomic E-state index is 12.7. The van der Waals surface area contributed by atoms with Gasteiger partial charge < -0.3 is 19.9 Å². The van der Waals surface area contributed by atoms with Crippen LogP contribution in [0.5, 0.6) is 17.2 Å². The zero-order chi connectivity index (χ0) is 20.3. The van der Waals surface area contributed by atoms with Gasteiger partial charge in [-0.15, -0.1) is 0 Å². The maximum Gasteiger partial charge on any atom is 0.259 e. The van der Waals surface area contributed by atoms with Crippen molar-refractivity contribution in [1.82, 2.24) is 4.31 Å². The Morgan fingerprint density at radius 3 is 2.36 bits per heavy atom.